The quantitative estimate of drug-likeness (QED) is 0.0458. The lowest BCUT2D eigenvalue weighted by Gasteiger charge is -2.33. The molecule has 0 spiro atoms. The lowest BCUT2D eigenvalue weighted by atomic mass is 10.0. The van der Waals surface area contributed by atoms with Gasteiger partial charge < -0.3 is 52.1 Å². The number of carbonyl (C=O) groups excluding carboxylic acids is 8. The molecule has 8 rings (SSSR count). The molecule has 476 valence electrons. The average molecular weight is 1230 g/mol. The second kappa shape index (κ2) is 35.8. The van der Waals surface area contributed by atoms with Crippen LogP contribution in [0.3, 0.4) is 0 Å². The van der Waals surface area contributed by atoms with Crippen LogP contribution in [0.4, 0.5) is 0 Å². The number of rotatable bonds is 19. The molecule has 8 amide bonds. The average Bonchev–Trinajstić information content (AvgIpc) is 4.41. The Morgan fingerprint density at radius 1 is 0.602 bits per heavy atom. The highest BCUT2D eigenvalue weighted by Gasteiger charge is 2.34. The van der Waals surface area contributed by atoms with Crippen molar-refractivity contribution in [3.05, 3.63) is 143 Å². The van der Waals surface area contributed by atoms with Gasteiger partial charge in [-0.25, -0.2) is 0 Å². The molecule has 0 radical (unpaired) electrons. The Morgan fingerprint density at radius 2 is 1.09 bits per heavy atom. The number of hydrogen-bond acceptors (Lipinski definition) is 12. The number of hydrogen-bond donors (Lipinski definition) is 7. The fourth-order valence-electron chi connectivity index (χ4n) is 11.3. The highest BCUT2D eigenvalue weighted by molar-refractivity contribution is 7.98. The highest BCUT2D eigenvalue weighted by Crippen LogP contribution is 2.34. The predicted molar refractivity (Wildman–Crippen MR) is 343 cm³/mol. The first kappa shape index (κ1) is 68.4. The number of nitrogens with zero attached hydrogens (tertiary/aromatic N) is 4. The van der Waals surface area contributed by atoms with Gasteiger partial charge in [0, 0.05) is 81.5 Å². The van der Waals surface area contributed by atoms with Crippen LogP contribution in [0, 0.1) is 17.8 Å². The number of amides is 8. The minimum atomic E-state index is -1.14. The Bertz CT molecular complexity index is 2860. The molecule has 4 aromatic rings. The molecule has 4 aliphatic rings. The molecule has 4 aromatic carbocycles. The van der Waals surface area contributed by atoms with Crippen molar-refractivity contribution in [1.82, 2.24) is 40.9 Å². The lowest BCUT2D eigenvalue weighted by Crippen LogP contribution is -2.55. The maximum atomic E-state index is 14.6. The third kappa shape index (κ3) is 25.2. The first-order valence-corrected chi connectivity index (χ1v) is 32.8. The maximum absolute atomic E-state index is 14.6. The van der Waals surface area contributed by atoms with Crippen LogP contribution >= 0.6 is 11.8 Å². The maximum Gasteiger partial charge on any atom is 0.239 e. The second-order valence-corrected chi connectivity index (χ2v) is 25.8. The summed E-state index contributed by atoms with van der Waals surface area (Å²) in [5.74, 6) is -1.73. The molecule has 0 saturated heterocycles. The van der Waals surface area contributed by atoms with Crippen molar-refractivity contribution in [1.29, 1.82) is 0 Å². The van der Waals surface area contributed by atoms with Gasteiger partial charge in [-0.2, -0.15) is 11.8 Å². The van der Waals surface area contributed by atoms with Crippen LogP contribution < -0.4 is 32.7 Å². The van der Waals surface area contributed by atoms with E-state index in [1.165, 1.54) is 26.5 Å². The Balaban J connectivity index is 1.21. The molecule has 0 aromatic heterocycles. The standard InChI is InChI=1S/C68H94N10O9S/c1-48(2)34-57-40-77(66(85)37-52-21-22-52)45-61(80)71-56(20-12-13-32-69)39-76(64(83)30-27-49-14-6-3-7-15-49)44-62(81)73-58(35-50-16-8-4-9-17-50)41-75(43-60(70)79)65(84)31-33-88-47-54-25-28-55(29-26-54)68(87)74-59(36-51-18-10-5-11-19-51)42-78(46-63(82)72-57)67(86)38-53-23-24-53/h3-11,14-19,25-26,28-29,48,52-53,56-59,68,74,87H,12-13,20-24,27,30-47,69H2,1-2H3,(H2,70,79)(H,71,80)(H,72,82)(H,73,81)/t56-,57-,58?,59?,68?/m0/s1. The number of nitrogens with one attached hydrogen (secondary N) is 4. The van der Waals surface area contributed by atoms with Crippen molar-refractivity contribution in [2.24, 2.45) is 29.2 Å². The number of thioether (sulfide) groups is 1. The van der Waals surface area contributed by atoms with E-state index in [-0.39, 0.29) is 126 Å². The van der Waals surface area contributed by atoms with Gasteiger partial charge in [-0.05, 0) is 116 Å². The Kier molecular flexibility index (Phi) is 27.8. The van der Waals surface area contributed by atoms with Crippen LogP contribution in [0.2, 0.25) is 0 Å². The van der Waals surface area contributed by atoms with Crippen molar-refractivity contribution in [3.63, 3.8) is 0 Å². The topological polar surface area (TPSA) is 270 Å². The highest BCUT2D eigenvalue weighted by atomic mass is 32.2. The summed E-state index contributed by atoms with van der Waals surface area (Å²) in [6.45, 7) is 3.09. The van der Waals surface area contributed by atoms with E-state index in [1.807, 2.05) is 129 Å². The van der Waals surface area contributed by atoms with Crippen molar-refractivity contribution >= 4 is 59.0 Å². The van der Waals surface area contributed by atoms with E-state index in [2.05, 4.69) is 21.3 Å². The van der Waals surface area contributed by atoms with Gasteiger partial charge >= 0.3 is 0 Å². The number of fused-ring (bicyclic) bond motifs is 29. The summed E-state index contributed by atoms with van der Waals surface area (Å²) in [5, 5.41) is 24.6. The monoisotopic (exact) mass is 1230 g/mol. The Morgan fingerprint density at radius 3 is 1.61 bits per heavy atom. The molecular weight excluding hydrogens is 1130 g/mol. The minimum Gasteiger partial charge on any atom is -0.374 e. The molecule has 2 bridgehead atoms. The molecule has 88 heavy (non-hydrogen) atoms. The summed E-state index contributed by atoms with van der Waals surface area (Å²) in [6, 6.07) is 33.7. The predicted octanol–water partition coefficient (Wildman–Crippen LogP) is 5.42. The molecule has 2 aliphatic carbocycles. The number of aliphatic hydroxyl groups excluding tert-OH is 1. The molecule has 2 saturated carbocycles. The molecule has 19 nitrogen and oxygen atoms in total. The molecule has 2 fully saturated rings. The fourth-order valence-corrected chi connectivity index (χ4v) is 12.2. The molecule has 3 unspecified atom stereocenters. The zero-order valence-corrected chi connectivity index (χ0v) is 52.4. The van der Waals surface area contributed by atoms with Gasteiger partial charge in [0.05, 0.1) is 32.2 Å². The number of nitrogens with two attached hydrogens (primary N) is 2. The zero-order chi connectivity index (χ0) is 62.8. The molecule has 2 heterocycles. The van der Waals surface area contributed by atoms with Crippen molar-refractivity contribution < 1.29 is 43.5 Å². The summed E-state index contributed by atoms with van der Waals surface area (Å²) in [6.07, 6.45) is 6.37. The molecule has 20 heteroatoms. The van der Waals surface area contributed by atoms with Gasteiger partial charge in [0.25, 0.3) is 0 Å². The SMILES string of the molecule is CC(C)C[C@H]1CN(C(=O)CC2CC2)CC(=O)N[C@@H](CCCCN)CN(C(=O)CCc2ccccc2)CC(=O)NC(Cc2ccccc2)CN(CC(N)=O)C(=O)CCSCc2ccc(cc2)C(O)NC(Cc2ccccc2)CN(C(=O)CC2CC2)CC(=O)N1. The molecule has 5 atom stereocenters. The van der Waals surface area contributed by atoms with E-state index in [0.29, 0.717) is 62.1 Å². The van der Waals surface area contributed by atoms with Gasteiger partial charge in [-0.1, -0.05) is 136 Å². The number of unbranched alkanes of at least 4 members (excludes halogenated alkanes) is 1. The summed E-state index contributed by atoms with van der Waals surface area (Å²) in [5.41, 5.74) is 16.1. The van der Waals surface area contributed by atoms with Gasteiger partial charge in [-0.3, -0.25) is 43.7 Å². The largest absolute Gasteiger partial charge is 0.374 e. The number of aryl methyl sites for hydroxylation is 1. The van der Waals surface area contributed by atoms with Crippen molar-refractivity contribution in [2.45, 2.75) is 146 Å². The minimum absolute atomic E-state index is 0.0233. The first-order chi connectivity index (χ1) is 42.4. The number of aliphatic hydroxyl groups is 1. The summed E-state index contributed by atoms with van der Waals surface area (Å²) in [4.78, 5) is 120. The third-order valence-corrected chi connectivity index (χ3v) is 17.3. The normalized spacial score (nSPS) is 21.4. The van der Waals surface area contributed by atoms with Crippen molar-refractivity contribution in [2.75, 3.05) is 64.7 Å². The second-order valence-electron chi connectivity index (χ2n) is 24.7. The zero-order valence-electron chi connectivity index (χ0n) is 51.5. The van der Waals surface area contributed by atoms with Crippen LogP contribution in [-0.4, -0.2) is 161 Å². The number of carbonyl (C=O) groups is 8. The summed E-state index contributed by atoms with van der Waals surface area (Å²) < 4.78 is 0. The fraction of sp³-hybridized carbons (Fsp3) is 0.529. The molecule has 2 aliphatic heterocycles. The summed E-state index contributed by atoms with van der Waals surface area (Å²) in [7, 11) is 0. The van der Waals surface area contributed by atoms with E-state index in [4.69, 9.17) is 11.5 Å². The number of benzene rings is 4. The van der Waals surface area contributed by atoms with E-state index in [9.17, 15) is 43.5 Å². The van der Waals surface area contributed by atoms with Crippen LogP contribution in [0.1, 0.15) is 125 Å². The van der Waals surface area contributed by atoms with E-state index in [0.717, 1.165) is 47.9 Å². The van der Waals surface area contributed by atoms with Gasteiger partial charge in [0.1, 0.15) is 6.23 Å². The van der Waals surface area contributed by atoms with Crippen LogP contribution in [0.5, 0.6) is 0 Å². The Hall–Kier alpha value is -7.13. The smallest absolute Gasteiger partial charge is 0.239 e. The van der Waals surface area contributed by atoms with Crippen molar-refractivity contribution in [3.8, 4) is 0 Å². The molecule has 9 N–H and O–H groups in total. The van der Waals surface area contributed by atoms with Gasteiger partial charge in [0.15, 0.2) is 0 Å². The number of primary amides is 1. The van der Waals surface area contributed by atoms with E-state index >= 15 is 0 Å². The van der Waals surface area contributed by atoms with E-state index < -0.39 is 54.0 Å². The van der Waals surface area contributed by atoms with Crippen LogP contribution in [0.25, 0.3) is 0 Å². The lowest BCUT2D eigenvalue weighted by molar-refractivity contribution is -0.139. The Labute approximate surface area is 524 Å². The van der Waals surface area contributed by atoms with Crippen LogP contribution in [0.15, 0.2) is 115 Å². The first-order valence-electron chi connectivity index (χ1n) is 31.6. The van der Waals surface area contributed by atoms with Gasteiger partial charge in [-0.15, -0.1) is 0 Å². The summed E-state index contributed by atoms with van der Waals surface area (Å²) >= 11 is 1.53. The van der Waals surface area contributed by atoms with Crippen LogP contribution in [-0.2, 0) is 63.4 Å². The third-order valence-electron chi connectivity index (χ3n) is 16.2. The molecular formula is C68H94N10O9S. The van der Waals surface area contributed by atoms with E-state index in [1.54, 1.807) is 4.90 Å². The van der Waals surface area contributed by atoms with Gasteiger partial charge in [0.2, 0.25) is 47.3 Å².